The summed E-state index contributed by atoms with van der Waals surface area (Å²) in [5, 5.41) is 13.1. The molecule has 2 rings (SSSR count). The van der Waals surface area contributed by atoms with Crippen LogP contribution in [0.2, 0.25) is 0 Å². The van der Waals surface area contributed by atoms with E-state index in [9.17, 15) is 9.59 Å². The van der Waals surface area contributed by atoms with E-state index in [0.717, 1.165) is 5.56 Å². The molecule has 2 heterocycles. The summed E-state index contributed by atoms with van der Waals surface area (Å²) in [7, 11) is 0. The Labute approximate surface area is 102 Å². The zero-order valence-electron chi connectivity index (χ0n) is 9.03. The Morgan fingerprint density at radius 3 is 2.94 bits per heavy atom. The summed E-state index contributed by atoms with van der Waals surface area (Å²) in [6.07, 6.45) is 0.686. The number of nitrogens with two attached hydrogens (primary N) is 1. The fraction of sp³-hybridized carbons (Fsp3) is 0.364. The number of nitrogens with one attached hydrogen (secondary N) is 1. The van der Waals surface area contributed by atoms with Crippen LogP contribution < -0.4 is 11.1 Å². The molecule has 1 aromatic heterocycles. The molecule has 88 valence electrons. The quantitative estimate of drug-likeness (QED) is 0.746. The molecule has 1 aliphatic rings. The van der Waals surface area contributed by atoms with Crippen molar-refractivity contribution in [3.05, 3.63) is 21.9 Å². The number of nitrogens with zero attached hydrogens (tertiary/aromatic N) is 1. The molecule has 1 aromatic rings. The van der Waals surface area contributed by atoms with E-state index in [-0.39, 0.29) is 12.3 Å². The molecule has 1 atom stereocenters. The highest BCUT2D eigenvalue weighted by molar-refractivity contribution is 7.10. The van der Waals surface area contributed by atoms with E-state index < -0.39 is 11.3 Å². The summed E-state index contributed by atoms with van der Waals surface area (Å²) < 4.78 is 0. The molecular formula is C11H11N3O2S. The summed E-state index contributed by atoms with van der Waals surface area (Å²) in [5.74, 6) is -0.910. The molecule has 0 aliphatic carbocycles. The summed E-state index contributed by atoms with van der Waals surface area (Å²) >= 11 is 1.30. The maximum absolute atomic E-state index is 11.7. The van der Waals surface area contributed by atoms with Gasteiger partial charge in [0.15, 0.2) is 0 Å². The van der Waals surface area contributed by atoms with Crippen LogP contribution in [0, 0.1) is 16.7 Å². The number of primary amides is 1. The summed E-state index contributed by atoms with van der Waals surface area (Å²) in [6.45, 7) is 0.469. The Morgan fingerprint density at radius 2 is 2.47 bits per heavy atom. The smallest absolute Gasteiger partial charge is 0.236 e. The van der Waals surface area contributed by atoms with E-state index in [0.29, 0.717) is 17.8 Å². The van der Waals surface area contributed by atoms with Crippen LogP contribution in [0.15, 0.2) is 11.4 Å². The number of hydrogen-bond acceptors (Lipinski definition) is 4. The van der Waals surface area contributed by atoms with Crippen LogP contribution in [-0.2, 0) is 16.0 Å². The minimum atomic E-state index is -1.15. The SMILES string of the molecule is N#Cc1cc(C[C@@]2(C(N)=O)CCNC2=O)cs1. The first-order valence-corrected chi connectivity index (χ1v) is 6.02. The molecule has 1 fully saturated rings. The van der Waals surface area contributed by atoms with Gasteiger partial charge >= 0.3 is 0 Å². The minimum Gasteiger partial charge on any atom is -0.369 e. The topological polar surface area (TPSA) is 96.0 Å². The van der Waals surface area contributed by atoms with Crippen LogP contribution in [0.4, 0.5) is 0 Å². The van der Waals surface area contributed by atoms with Gasteiger partial charge in [0, 0.05) is 6.54 Å². The maximum atomic E-state index is 11.7. The zero-order valence-corrected chi connectivity index (χ0v) is 9.84. The molecule has 0 spiro atoms. The Balaban J connectivity index is 2.28. The highest BCUT2D eigenvalue weighted by Gasteiger charge is 2.47. The molecular weight excluding hydrogens is 238 g/mol. The van der Waals surface area contributed by atoms with Crippen molar-refractivity contribution < 1.29 is 9.59 Å². The molecule has 2 amide bonds. The first kappa shape index (κ1) is 11.6. The first-order valence-electron chi connectivity index (χ1n) is 5.14. The number of nitriles is 1. The third kappa shape index (κ3) is 1.89. The van der Waals surface area contributed by atoms with Crippen molar-refractivity contribution >= 4 is 23.2 Å². The van der Waals surface area contributed by atoms with Crippen molar-refractivity contribution in [1.82, 2.24) is 5.32 Å². The molecule has 0 bridgehead atoms. The number of rotatable bonds is 3. The van der Waals surface area contributed by atoms with Crippen LogP contribution in [0.5, 0.6) is 0 Å². The summed E-state index contributed by atoms with van der Waals surface area (Å²) in [4.78, 5) is 23.8. The van der Waals surface area contributed by atoms with E-state index in [1.807, 2.05) is 6.07 Å². The van der Waals surface area contributed by atoms with E-state index >= 15 is 0 Å². The standard InChI is InChI=1S/C11H11N3O2S/c12-5-8-3-7(6-17-8)4-11(9(13)15)1-2-14-10(11)16/h3,6H,1-2,4H2,(H2,13,15)(H,14,16)/t11-/m1/s1. The fourth-order valence-corrected chi connectivity index (χ4v) is 2.74. The lowest BCUT2D eigenvalue weighted by Gasteiger charge is -2.21. The summed E-state index contributed by atoms with van der Waals surface area (Å²) in [5.41, 5.74) is 5.01. The van der Waals surface area contributed by atoms with Crippen molar-refractivity contribution in [3.8, 4) is 6.07 Å². The lowest BCUT2D eigenvalue weighted by atomic mass is 9.80. The van der Waals surface area contributed by atoms with Gasteiger partial charge in [-0.3, -0.25) is 9.59 Å². The van der Waals surface area contributed by atoms with Gasteiger partial charge in [-0.2, -0.15) is 5.26 Å². The molecule has 1 aliphatic heterocycles. The second kappa shape index (κ2) is 4.18. The maximum Gasteiger partial charge on any atom is 0.236 e. The third-order valence-electron chi connectivity index (χ3n) is 3.01. The van der Waals surface area contributed by atoms with E-state index in [4.69, 9.17) is 11.0 Å². The van der Waals surface area contributed by atoms with Gasteiger partial charge in [0.05, 0.1) is 0 Å². The van der Waals surface area contributed by atoms with Crippen molar-refractivity contribution in [2.75, 3.05) is 6.54 Å². The van der Waals surface area contributed by atoms with Crippen LogP contribution in [0.25, 0.3) is 0 Å². The molecule has 0 radical (unpaired) electrons. The number of thiophene rings is 1. The van der Waals surface area contributed by atoms with Crippen LogP contribution in [-0.4, -0.2) is 18.4 Å². The highest BCUT2D eigenvalue weighted by Crippen LogP contribution is 2.32. The van der Waals surface area contributed by atoms with Gasteiger partial charge in [-0.05, 0) is 29.9 Å². The largest absolute Gasteiger partial charge is 0.369 e. The van der Waals surface area contributed by atoms with E-state index in [2.05, 4.69) is 5.32 Å². The van der Waals surface area contributed by atoms with Crippen molar-refractivity contribution in [3.63, 3.8) is 0 Å². The molecule has 0 aromatic carbocycles. The normalized spacial score (nSPS) is 23.1. The highest BCUT2D eigenvalue weighted by atomic mass is 32.1. The third-order valence-corrected chi connectivity index (χ3v) is 3.90. The second-order valence-electron chi connectivity index (χ2n) is 4.06. The lowest BCUT2D eigenvalue weighted by molar-refractivity contribution is -0.138. The Bertz CT molecular complexity index is 517. The zero-order chi connectivity index (χ0) is 12.5. The minimum absolute atomic E-state index is 0.270. The molecule has 1 saturated heterocycles. The first-order chi connectivity index (χ1) is 8.08. The van der Waals surface area contributed by atoms with Gasteiger partial charge in [0.25, 0.3) is 0 Å². The number of carbonyl (C=O) groups is 2. The van der Waals surface area contributed by atoms with Crippen molar-refractivity contribution in [2.24, 2.45) is 11.1 Å². The van der Waals surface area contributed by atoms with Gasteiger partial charge < -0.3 is 11.1 Å². The fourth-order valence-electron chi connectivity index (χ4n) is 2.04. The van der Waals surface area contributed by atoms with Crippen molar-refractivity contribution in [1.29, 1.82) is 5.26 Å². The summed E-state index contributed by atoms with van der Waals surface area (Å²) in [6, 6.07) is 3.72. The monoisotopic (exact) mass is 249 g/mol. The van der Waals surface area contributed by atoms with Gasteiger partial charge in [-0.1, -0.05) is 0 Å². The van der Waals surface area contributed by atoms with Gasteiger partial charge in [0.1, 0.15) is 16.4 Å². The number of hydrogen-bond donors (Lipinski definition) is 2. The van der Waals surface area contributed by atoms with E-state index in [1.54, 1.807) is 11.4 Å². The van der Waals surface area contributed by atoms with Gasteiger partial charge in [-0.25, -0.2) is 0 Å². The van der Waals surface area contributed by atoms with Crippen LogP contribution in [0.1, 0.15) is 16.9 Å². The molecule has 5 nitrogen and oxygen atoms in total. The van der Waals surface area contributed by atoms with Crippen molar-refractivity contribution in [2.45, 2.75) is 12.8 Å². The van der Waals surface area contributed by atoms with Gasteiger partial charge in [0.2, 0.25) is 11.8 Å². The predicted molar refractivity (Wildman–Crippen MR) is 62.0 cm³/mol. The lowest BCUT2D eigenvalue weighted by Crippen LogP contribution is -2.44. The van der Waals surface area contributed by atoms with Crippen LogP contribution in [0.3, 0.4) is 0 Å². The predicted octanol–water partition coefficient (Wildman–Crippen LogP) is 0.154. The molecule has 17 heavy (non-hydrogen) atoms. The average Bonchev–Trinajstić information content (AvgIpc) is 2.88. The Hall–Kier alpha value is -1.87. The second-order valence-corrected chi connectivity index (χ2v) is 4.97. The van der Waals surface area contributed by atoms with Crippen LogP contribution >= 0.6 is 11.3 Å². The Kier molecular flexibility index (Phi) is 2.86. The molecule has 6 heteroatoms. The van der Waals surface area contributed by atoms with E-state index in [1.165, 1.54) is 11.3 Å². The van der Waals surface area contributed by atoms with Gasteiger partial charge in [-0.15, -0.1) is 11.3 Å². The molecule has 0 unspecified atom stereocenters. The number of carbonyl (C=O) groups excluding carboxylic acids is 2. The Morgan fingerprint density at radius 1 is 1.71 bits per heavy atom. The average molecular weight is 249 g/mol. The molecule has 0 saturated carbocycles. The molecule has 3 N–H and O–H groups in total. The number of amides is 2.